The fourth-order valence-electron chi connectivity index (χ4n) is 2.31. The van der Waals surface area contributed by atoms with E-state index >= 15 is 0 Å². The Bertz CT molecular complexity index is 215. The number of hydrazone groups is 1. The number of likely N-dealkylation sites (tertiary alicyclic amines) is 1. The molecule has 4 heteroatoms. The molecule has 2 fully saturated rings. The summed E-state index contributed by atoms with van der Waals surface area (Å²) in [5.41, 5.74) is 6.01. The Morgan fingerprint density at radius 3 is 1.93 bits per heavy atom. The van der Waals surface area contributed by atoms with E-state index in [1.165, 1.54) is 38.5 Å². The van der Waals surface area contributed by atoms with E-state index < -0.39 is 0 Å². The third-order valence-electron chi connectivity index (χ3n) is 3.26. The molecule has 0 radical (unpaired) electrons. The maximum atomic E-state index is 6.01. The van der Waals surface area contributed by atoms with Crippen molar-refractivity contribution in [3.05, 3.63) is 0 Å². The SMILES string of the molecule is NC(=NN1CCCCC1)N1CCCCC1. The topological polar surface area (TPSA) is 44.9 Å². The summed E-state index contributed by atoms with van der Waals surface area (Å²) in [7, 11) is 0. The summed E-state index contributed by atoms with van der Waals surface area (Å²) in [6.07, 6.45) is 7.73. The van der Waals surface area contributed by atoms with Crippen molar-refractivity contribution in [3.8, 4) is 0 Å². The van der Waals surface area contributed by atoms with Crippen LogP contribution in [0.25, 0.3) is 0 Å². The molecule has 0 bridgehead atoms. The molecule has 2 rings (SSSR count). The molecule has 0 amide bonds. The summed E-state index contributed by atoms with van der Waals surface area (Å²) in [6, 6.07) is 0. The maximum absolute atomic E-state index is 6.01. The van der Waals surface area contributed by atoms with E-state index in [2.05, 4.69) is 15.0 Å². The van der Waals surface area contributed by atoms with E-state index in [9.17, 15) is 0 Å². The van der Waals surface area contributed by atoms with Crippen LogP contribution in [0.3, 0.4) is 0 Å². The first-order valence-corrected chi connectivity index (χ1v) is 6.20. The van der Waals surface area contributed by atoms with Crippen LogP contribution in [-0.2, 0) is 0 Å². The molecule has 0 unspecified atom stereocenters. The highest BCUT2D eigenvalue weighted by molar-refractivity contribution is 5.77. The fourth-order valence-corrected chi connectivity index (χ4v) is 2.31. The molecule has 15 heavy (non-hydrogen) atoms. The van der Waals surface area contributed by atoms with Crippen LogP contribution in [-0.4, -0.2) is 42.0 Å². The van der Waals surface area contributed by atoms with Crippen molar-refractivity contribution >= 4 is 5.96 Å². The number of guanidine groups is 1. The Morgan fingerprint density at radius 2 is 1.33 bits per heavy atom. The quantitative estimate of drug-likeness (QED) is 0.522. The van der Waals surface area contributed by atoms with Crippen molar-refractivity contribution in [2.75, 3.05) is 26.2 Å². The van der Waals surface area contributed by atoms with Gasteiger partial charge in [0, 0.05) is 26.2 Å². The first-order valence-electron chi connectivity index (χ1n) is 6.20. The molecule has 2 heterocycles. The Balaban J connectivity index is 1.86. The standard InChI is InChI=1S/C11H22N4/c12-11(14-7-3-1-4-8-14)13-15-9-5-2-6-10-15/h1-10H2,(H2,12,13). The average Bonchev–Trinajstić information content (AvgIpc) is 2.31. The zero-order valence-electron chi connectivity index (χ0n) is 9.49. The molecule has 86 valence electrons. The Labute approximate surface area is 92.1 Å². The van der Waals surface area contributed by atoms with Crippen LogP contribution in [0.1, 0.15) is 38.5 Å². The predicted molar refractivity (Wildman–Crippen MR) is 62.5 cm³/mol. The molecule has 2 saturated heterocycles. The molecule has 0 saturated carbocycles. The first-order chi connectivity index (χ1) is 7.36. The van der Waals surface area contributed by atoms with Gasteiger partial charge in [-0.05, 0) is 38.5 Å². The highest BCUT2D eigenvalue weighted by atomic mass is 15.5. The van der Waals surface area contributed by atoms with Crippen LogP contribution in [0, 0.1) is 0 Å². The minimum absolute atomic E-state index is 0.733. The highest BCUT2D eigenvalue weighted by Crippen LogP contribution is 2.11. The van der Waals surface area contributed by atoms with Gasteiger partial charge < -0.3 is 10.6 Å². The van der Waals surface area contributed by atoms with E-state index in [0.29, 0.717) is 0 Å². The summed E-state index contributed by atoms with van der Waals surface area (Å²) in [6.45, 7) is 4.33. The van der Waals surface area contributed by atoms with Gasteiger partial charge in [0.2, 0.25) is 5.96 Å². The lowest BCUT2D eigenvalue weighted by atomic mass is 10.1. The largest absolute Gasteiger partial charge is 0.368 e. The van der Waals surface area contributed by atoms with Gasteiger partial charge in [-0.2, -0.15) is 0 Å². The van der Waals surface area contributed by atoms with E-state index in [4.69, 9.17) is 5.73 Å². The first kappa shape index (κ1) is 10.6. The van der Waals surface area contributed by atoms with Gasteiger partial charge in [-0.3, -0.25) is 5.01 Å². The molecule has 0 aliphatic carbocycles. The molecule has 2 N–H and O–H groups in total. The zero-order chi connectivity index (χ0) is 10.5. The lowest BCUT2D eigenvalue weighted by molar-refractivity contribution is 0.229. The van der Waals surface area contributed by atoms with Gasteiger partial charge in [0.25, 0.3) is 0 Å². The van der Waals surface area contributed by atoms with Gasteiger partial charge in [-0.1, -0.05) is 0 Å². The highest BCUT2D eigenvalue weighted by Gasteiger charge is 2.14. The van der Waals surface area contributed by atoms with Crippen molar-refractivity contribution in [1.82, 2.24) is 9.91 Å². The number of nitrogens with two attached hydrogens (primary N) is 1. The molecule has 2 aliphatic heterocycles. The Morgan fingerprint density at radius 1 is 0.800 bits per heavy atom. The van der Waals surface area contributed by atoms with Crippen LogP contribution in [0.5, 0.6) is 0 Å². The van der Waals surface area contributed by atoms with E-state index in [-0.39, 0.29) is 0 Å². The molecule has 0 aromatic rings. The lowest BCUT2D eigenvalue weighted by Gasteiger charge is -2.30. The summed E-state index contributed by atoms with van der Waals surface area (Å²) < 4.78 is 0. The predicted octanol–water partition coefficient (Wildman–Crippen LogP) is 1.19. The zero-order valence-corrected chi connectivity index (χ0v) is 9.49. The number of piperidine rings is 2. The van der Waals surface area contributed by atoms with E-state index in [0.717, 1.165) is 32.1 Å². The molecule has 0 aromatic carbocycles. The summed E-state index contributed by atoms with van der Waals surface area (Å²) >= 11 is 0. The van der Waals surface area contributed by atoms with Crippen molar-refractivity contribution in [2.45, 2.75) is 38.5 Å². The average molecular weight is 210 g/mol. The fraction of sp³-hybridized carbons (Fsp3) is 0.909. The van der Waals surface area contributed by atoms with Crippen LogP contribution in [0.15, 0.2) is 5.10 Å². The van der Waals surface area contributed by atoms with E-state index in [1.807, 2.05) is 0 Å². The second-order valence-electron chi connectivity index (χ2n) is 4.52. The lowest BCUT2D eigenvalue weighted by Crippen LogP contribution is -2.42. The van der Waals surface area contributed by atoms with Crippen LogP contribution < -0.4 is 5.73 Å². The van der Waals surface area contributed by atoms with Crippen molar-refractivity contribution < 1.29 is 0 Å². The van der Waals surface area contributed by atoms with Gasteiger partial charge in [-0.25, -0.2) is 0 Å². The van der Waals surface area contributed by atoms with Crippen LogP contribution >= 0.6 is 0 Å². The Kier molecular flexibility index (Phi) is 3.69. The smallest absolute Gasteiger partial charge is 0.213 e. The Hall–Kier alpha value is -0.930. The monoisotopic (exact) mass is 210 g/mol. The summed E-state index contributed by atoms with van der Waals surface area (Å²) in [5, 5.41) is 6.65. The normalized spacial score (nSPS) is 24.4. The molecule has 0 spiro atoms. The van der Waals surface area contributed by atoms with Crippen molar-refractivity contribution in [3.63, 3.8) is 0 Å². The molecular formula is C11H22N4. The second-order valence-corrected chi connectivity index (χ2v) is 4.52. The van der Waals surface area contributed by atoms with Gasteiger partial charge >= 0.3 is 0 Å². The minimum Gasteiger partial charge on any atom is -0.368 e. The van der Waals surface area contributed by atoms with Crippen molar-refractivity contribution in [2.24, 2.45) is 10.8 Å². The molecule has 0 atom stereocenters. The molecule has 2 aliphatic rings. The van der Waals surface area contributed by atoms with Gasteiger partial charge in [-0.15, -0.1) is 5.10 Å². The summed E-state index contributed by atoms with van der Waals surface area (Å²) in [5.74, 6) is 0.733. The minimum atomic E-state index is 0.733. The van der Waals surface area contributed by atoms with Gasteiger partial charge in [0.15, 0.2) is 0 Å². The third-order valence-corrected chi connectivity index (χ3v) is 3.26. The van der Waals surface area contributed by atoms with Crippen molar-refractivity contribution in [1.29, 1.82) is 0 Å². The number of rotatable bonds is 1. The number of hydrogen-bond acceptors (Lipinski definition) is 2. The van der Waals surface area contributed by atoms with Gasteiger partial charge in [0.1, 0.15) is 0 Å². The number of nitrogens with zero attached hydrogens (tertiary/aromatic N) is 3. The maximum Gasteiger partial charge on any atom is 0.213 e. The van der Waals surface area contributed by atoms with Crippen LogP contribution in [0.2, 0.25) is 0 Å². The number of hydrogen-bond donors (Lipinski definition) is 1. The van der Waals surface area contributed by atoms with Gasteiger partial charge in [0.05, 0.1) is 0 Å². The van der Waals surface area contributed by atoms with Crippen LogP contribution in [0.4, 0.5) is 0 Å². The molecule has 4 nitrogen and oxygen atoms in total. The third kappa shape index (κ3) is 3.01. The summed E-state index contributed by atoms with van der Waals surface area (Å²) in [4.78, 5) is 2.22. The molecular weight excluding hydrogens is 188 g/mol. The second kappa shape index (κ2) is 5.24. The van der Waals surface area contributed by atoms with E-state index in [1.54, 1.807) is 0 Å². The molecule has 0 aromatic heterocycles.